The molecule has 4 rings (SSSR count). The Kier molecular flexibility index (Phi) is 4.62. The Labute approximate surface area is 170 Å². The quantitative estimate of drug-likeness (QED) is 0.650. The van der Waals surface area contributed by atoms with Gasteiger partial charge in [-0.2, -0.15) is 13.2 Å². The van der Waals surface area contributed by atoms with Gasteiger partial charge in [-0.1, -0.05) is 29.8 Å². The maximum absolute atomic E-state index is 13.1. The number of hydrogen-bond acceptors (Lipinski definition) is 4. The lowest BCUT2D eigenvalue weighted by atomic mass is 10.2. The minimum absolute atomic E-state index is 0.226. The van der Waals surface area contributed by atoms with E-state index in [2.05, 4.69) is 4.99 Å². The lowest BCUT2D eigenvalue weighted by Gasteiger charge is -2.14. The zero-order chi connectivity index (χ0) is 21.6. The second-order valence-electron chi connectivity index (χ2n) is 6.38. The summed E-state index contributed by atoms with van der Waals surface area (Å²) in [6.07, 6.45) is -1.82. The fourth-order valence-corrected chi connectivity index (χ4v) is 3.22. The lowest BCUT2D eigenvalue weighted by Crippen LogP contribution is -2.30. The number of rotatable bonds is 2. The van der Waals surface area contributed by atoms with Gasteiger partial charge in [-0.25, -0.2) is 14.4 Å². The highest BCUT2D eigenvalue weighted by atomic mass is 35.5. The second kappa shape index (κ2) is 7.03. The predicted octanol–water partition coefficient (Wildman–Crippen LogP) is 2.36. The van der Waals surface area contributed by atoms with Crippen LogP contribution in [0.15, 0.2) is 62.7 Å². The maximum Gasteiger partial charge on any atom is 0.416 e. The Morgan fingerprint density at radius 3 is 2.57 bits per heavy atom. The molecule has 0 amide bonds. The van der Waals surface area contributed by atoms with Crippen LogP contribution >= 0.6 is 11.6 Å². The van der Waals surface area contributed by atoms with Crippen LogP contribution in [0, 0.1) is 0 Å². The number of H-pyrrole nitrogens is 1. The topological polar surface area (TPSA) is 87.5 Å². The molecular formula is C20H11ClF3N3O3. The average Bonchev–Trinajstić information content (AvgIpc) is 3.08. The first-order chi connectivity index (χ1) is 14.1. The smallest absolute Gasteiger partial charge is 0.416 e. The highest BCUT2D eigenvalue weighted by Gasteiger charge is 2.31. The van der Waals surface area contributed by atoms with Crippen molar-refractivity contribution in [3.8, 4) is 11.6 Å². The SMILES string of the molecule is O=c1[nH]c(=O)n(-c2cc(C(F)(F)F)ccc2Cl)c(O)c1C=C1C=c2ccccc2=N1. The van der Waals surface area contributed by atoms with Crippen LogP contribution in [0.4, 0.5) is 13.2 Å². The van der Waals surface area contributed by atoms with Gasteiger partial charge in [-0.3, -0.25) is 9.78 Å². The first kappa shape index (κ1) is 19.7. The third-order valence-electron chi connectivity index (χ3n) is 4.42. The van der Waals surface area contributed by atoms with Crippen molar-refractivity contribution in [2.75, 3.05) is 0 Å². The molecule has 2 aromatic carbocycles. The molecule has 1 aromatic heterocycles. The standard InChI is InChI=1S/C20H11ClF3N3O3/c21-14-6-5-11(20(22,23)24)8-16(14)27-18(29)13(17(28)26-19(27)30)9-12-7-10-3-1-2-4-15(10)25-12/h1-9,29H,(H,26,28,30). The minimum atomic E-state index is -4.70. The van der Waals surface area contributed by atoms with E-state index < -0.39 is 34.6 Å². The van der Waals surface area contributed by atoms with Crippen molar-refractivity contribution in [1.82, 2.24) is 9.55 Å². The van der Waals surface area contributed by atoms with E-state index in [9.17, 15) is 27.9 Å². The molecule has 3 aromatic rings. The van der Waals surface area contributed by atoms with Gasteiger partial charge in [0.25, 0.3) is 5.56 Å². The van der Waals surface area contributed by atoms with Crippen molar-refractivity contribution in [3.63, 3.8) is 0 Å². The van der Waals surface area contributed by atoms with Gasteiger partial charge in [0, 0.05) is 5.22 Å². The minimum Gasteiger partial charge on any atom is -0.494 e. The fourth-order valence-electron chi connectivity index (χ4n) is 3.02. The maximum atomic E-state index is 13.1. The summed E-state index contributed by atoms with van der Waals surface area (Å²) in [7, 11) is 0. The predicted molar refractivity (Wildman–Crippen MR) is 104 cm³/mol. The number of nitrogens with zero attached hydrogens (tertiary/aromatic N) is 2. The molecule has 0 spiro atoms. The van der Waals surface area contributed by atoms with Crippen molar-refractivity contribution >= 4 is 23.8 Å². The van der Waals surface area contributed by atoms with Crippen molar-refractivity contribution < 1.29 is 18.3 Å². The number of fused-ring (bicyclic) bond motifs is 1. The zero-order valence-electron chi connectivity index (χ0n) is 14.9. The summed E-state index contributed by atoms with van der Waals surface area (Å²) in [5.74, 6) is -0.864. The number of allylic oxidation sites excluding steroid dienone is 1. The first-order valence-corrected chi connectivity index (χ1v) is 8.85. The number of aromatic nitrogens is 2. The Morgan fingerprint density at radius 1 is 1.13 bits per heavy atom. The fraction of sp³-hybridized carbons (Fsp3) is 0.0500. The average molecular weight is 434 g/mol. The van der Waals surface area contributed by atoms with E-state index in [1.807, 2.05) is 4.98 Å². The number of aromatic amines is 1. The molecule has 0 atom stereocenters. The number of alkyl halides is 3. The van der Waals surface area contributed by atoms with Crippen LogP contribution in [0.5, 0.6) is 5.88 Å². The van der Waals surface area contributed by atoms with Crippen LogP contribution in [-0.4, -0.2) is 14.7 Å². The van der Waals surface area contributed by atoms with Gasteiger partial charge in [0.15, 0.2) is 0 Å². The Morgan fingerprint density at radius 2 is 1.87 bits per heavy atom. The molecule has 1 aliphatic rings. The van der Waals surface area contributed by atoms with E-state index in [1.165, 1.54) is 6.08 Å². The van der Waals surface area contributed by atoms with Crippen LogP contribution in [0.1, 0.15) is 11.1 Å². The van der Waals surface area contributed by atoms with Crippen molar-refractivity contribution in [2.45, 2.75) is 6.18 Å². The molecule has 152 valence electrons. The van der Waals surface area contributed by atoms with Gasteiger partial charge < -0.3 is 5.11 Å². The summed E-state index contributed by atoms with van der Waals surface area (Å²) in [4.78, 5) is 30.8. The van der Waals surface area contributed by atoms with Crippen molar-refractivity contribution in [1.29, 1.82) is 0 Å². The third kappa shape index (κ3) is 3.43. The monoisotopic (exact) mass is 433 g/mol. The molecule has 0 unspecified atom stereocenters. The summed E-state index contributed by atoms with van der Waals surface area (Å²) in [5, 5.41) is 11.8. The highest BCUT2D eigenvalue weighted by Crippen LogP contribution is 2.34. The second-order valence-corrected chi connectivity index (χ2v) is 6.79. The third-order valence-corrected chi connectivity index (χ3v) is 4.74. The molecule has 0 radical (unpaired) electrons. The molecule has 0 saturated carbocycles. The highest BCUT2D eigenvalue weighted by molar-refractivity contribution is 6.32. The van der Waals surface area contributed by atoms with Crippen LogP contribution in [0.3, 0.4) is 0 Å². The largest absolute Gasteiger partial charge is 0.494 e. The number of halogens is 4. The van der Waals surface area contributed by atoms with Gasteiger partial charge in [-0.05, 0) is 36.4 Å². The molecule has 0 bridgehead atoms. The van der Waals surface area contributed by atoms with Gasteiger partial charge >= 0.3 is 11.9 Å². The molecule has 2 N–H and O–H groups in total. The summed E-state index contributed by atoms with van der Waals surface area (Å²) in [5.41, 5.74) is -3.61. The van der Waals surface area contributed by atoms with Gasteiger partial charge in [0.2, 0.25) is 5.88 Å². The molecular weight excluding hydrogens is 423 g/mol. The van der Waals surface area contributed by atoms with E-state index in [1.54, 1.807) is 30.3 Å². The van der Waals surface area contributed by atoms with E-state index in [0.717, 1.165) is 17.4 Å². The lowest BCUT2D eigenvalue weighted by molar-refractivity contribution is -0.137. The number of nitrogens with one attached hydrogen (secondary N) is 1. The number of benzene rings is 2. The van der Waals surface area contributed by atoms with Gasteiger partial charge in [0.05, 0.1) is 27.3 Å². The van der Waals surface area contributed by atoms with E-state index in [-0.39, 0.29) is 10.6 Å². The summed E-state index contributed by atoms with van der Waals surface area (Å²) in [6.45, 7) is 0. The summed E-state index contributed by atoms with van der Waals surface area (Å²) in [6, 6.07) is 9.43. The van der Waals surface area contributed by atoms with Crippen LogP contribution in [0.25, 0.3) is 17.8 Å². The summed E-state index contributed by atoms with van der Waals surface area (Å²) >= 11 is 5.98. The molecule has 0 saturated heterocycles. The van der Waals surface area contributed by atoms with Crippen molar-refractivity contribution in [2.24, 2.45) is 4.99 Å². The van der Waals surface area contributed by atoms with Crippen LogP contribution in [0.2, 0.25) is 5.02 Å². The molecule has 6 nitrogen and oxygen atoms in total. The van der Waals surface area contributed by atoms with E-state index in [4.69, 9.17) is 11.6 Å². The van der Waals surface area contributed by atoms with Gasteiger partial charge in [-0.15, -0.1) is 0 Å². The van der Waals surface area contributed by atoms with Crippen LogP contribution < -0.4 is 21.8 Å². The normalized spacial score (nSPS) is 14.3. The zero-order valence-corrected chi connectivity index (χ0v) is 15.6. The number of para-hydroxylation sites is 1. The Balaban J connectivity index is 1.94. The van der Waals surface area contributed by atoms with Gasteiger partial charge in [0.1, 0.15) is 5.56 Å². The molecule has 30 heavy (non-hydrogen) atoms. The van der Waals surface area contributed by atoms with Crippen molar-refractivity contribution in [3.05, 3.63) is 95.7 Å². The number of hydrogen-bond donors (Lipinski definition) is 2. The van der Waals surface area contributed by atoms with E-state index in [0.29, 0.717) is 21.7 Å². The van der Waals surface area contributed by atoms with Crippen LogP contribution in [-0.2, 0) is 6.18 Å². The molecule has 0 fully saturated rings. The number of aromatic hydroxyl groups is 1. The molecule has 10 heteroatoms. The first-order valence-electron chi connectivity index (χ1n) is 8.48. The van der Waals surface area contributed by atoms with E-state index >= 15 is 0 Å². The molecule has 2 heterocycles. The Hall–Kier alpha value is -3.59. The Bertz CT molecular complexity index is 1420. The summed E-state index contributed by atoms with van der Waals surface area (Å²) < 4.78 is 39.8. The molecule has 0 aliphatic carbocycles. The molecule has 1 aliphatic heterocycles.